The highest BCUT2D eigenvalue weighted by atomic mass is 32.2. The lowest BCUT2D eigenvalue weighted by molar-refractivity contribution is -0.133. The van der Waals surface area contributed by atoms with Crippen molar-refractivity contribution in [1.29, 1.82) is 0 Å². The van der Waals surface area contributed by atoms with Crippen LogP contribution in [0.1, 0.15) is 23.2 Å². The molecule has 9 nitrogen and oxygen atoms in total. The Morgan fingerprint density at radius 2 is 1.77 bits per heavy atom. The van der Waals surface area contributed by atoms with Crippen LogP contribution in [0, 0.1) is 0 Å². The second-order valence-electron chi connectivity index (χ2n) is 6.68. The fourth-order valence-electron chi connectivity index (χ4n) is 2.98. The lowest BCUT2D eigenvalue weighted by Crippen LogP contribution is -2.32. The second kappa shape index (κ2) is 9.04. The number of carbonyl (C=O) groups excluding carboxylic acids is 2. The third-order valence-corrected chi connectivity index (χ3v) is 6.00. The summed E-state index contributed by atoms with van der Waals surface area (Å²) >= 11 is 0. The van der Waals surface area contributed by atoms with Gasteiger partial charge in [-0.3, -0.25) is 9.52 Å². The van der Waals surface area contributed by atoms with E-state index in [-0.39, 0.29) is 16.4 Å². The molecule has 1 aliphatic rings. The number of anilines is 1. The zero-order chi connectivity index (χ0) is 21.7. The summed E-state index contributed by atoms with van der Waals surface area (Å²) in [6.45, 7) is 0.762. The Bertz CT molecular complexity index is 1030. The maximum absolute atomic E-state index is 12.6. The van der Waals surface area contributed by atoms with Crippen LogP contribution in [0.25, 0.3) is 0 Å². The van der Waals surface area contributed by atoms with Gasteiger partial charge >= 0.3 is 5.97 Å². The summed E-state index contributed by atoms with van der Waals surface area (Å²) in [4.78, 5) is 25.7. The van der Waals surface area contributed by atoms with Gasteiger partial charge < -0.3 is 19.5 Å². The molecule has 2 aromatic rings. The fourth-order valence-corrected chi connectivity index (χ4v) is 4.07. The summed E-state index contributed by atoms with van der Waals surface area (Å²) in [7, 11) is -2.54. The monoisotopic (exact) mass is 434 g/mol. The molecule has 1 saturated heterocycles. The van der Waals surface area contributed by atoms with Gasteiger partial charge in [0.2, 0.25) is 0 Å². The van der Waals surface area contributed by atoms with Crippen LogP contribution < -0.4 is 9.46 Å². The quantitative estimate of drug-likeness (QED) is 0.639. The lowest BCUT2D eigenvalue weighted by Gasteiger charge is -2.15. The number of phenolic OH excluding ortho intramolecular Hbond substituents is 1. The number of carbonyl (C=O) groups is 2. The number of hydrogen-bond acceptors (Lipinski definition) is 7. The first-order chi connectivity index (χ1) is 14.3. The van der Waals surface area contributed by atoms with E-state index < -0.39 is 28.3 Å². The molecule has 1 amide bonds. The van der Waals surface area contributed by atoms with Gasteiger partial charge in [0.1, 0.15) is 17.1 Å². The summed E-state index contributed by atoms with van der Waals surface area (Å²) in [5, 5.41) is 9.97. The Balaban J connectivity index is 1.72. The number of ether oxygens (including phenoxy) is 2. The van der Waals surface area contributed by atoms with Crippen LogP contribution in [0.3, 0.4) is 0 Å². The van der Waals surface area contributed by atoms with Crippen molar-refractivity contribution in [2.24, 2.45) is 0 Å². The van der Waals surface area contributed by atoms with E-state index in [1.807, 2.05) is 0 Å². The van der Waals surface area contributed by atoms with Crippen molar-refractivity contribution in [2.75, 3.05) is 31.5 Å². The summed E-state index contributed by atoms with van der Waals surface area (Å²) in [6.07, 6.45) is 1.81. The van der Waals surface area contributed by atoms with Crippen LogP contribution in [0.5, 0.6) is 11.5 Å². The molecule has 0 aliphatic carbocycles. The van der Waals surface area contributed by atoms with E-state index in [0.29, 0.717) is 24.5 Å². The van der Waals surface area contributed by atoms with E-state index in [1.54, 1.807) is 17.0 Å². The van der Waals surface area contributed by atoms with Crippen molar-refractivity contribution < 1.29 is 32.6 Å². The summed E-state index contributed by atoms with van der Waals surface area (Å²) < 4.78 is 37.7. The number of esters is 1. The molecule has 0 atom stereocenters. The van der Waals surface area contributed by atoms with Gasteiger partial charge in [0.05, 0.1) is 12.0 Å². The number of methoxy groups -OCH3 is 1. The van der Waals surface area contributed by atoms with Gasteiger partial charge in [-0.05, 0) is 55.3 Å². The maximum atomic E-state index is 12.6. The van der Waals surface area contributed by atoms with Gasteiger partial charge in [-0.1, -0.05) is 0 Å². The normalized spacial score (nSPS) is 13.7. The molecule has 0 bridgehead atoms. The number of aromatic hydroxyl groups is 1. The van der Waals surface area contributed by atoms with Gasteiger partial charge in [-0.25, -0.2) is 13.2 Å². The van der Waals surface area contributed by atoms with Crippen LogP contribution in [0.15, 0.2) is 47.4 Å². The third-order valence-electron chi connectivity index (χ3n) is 4.63. The highest BCUT2D eigenvalue weighted by Gasteiger charge is 2.23. The average molecular weight is 434 g/mol. The fraction of sp³-hybridized carbons (Fsp3) is 0.300. The zero-order valence-corrected chi connectivity index (χ0v) is 17.1. The number of amides is 1. The van der Waals surface area contributed by atoms with Crippen LogP contribution in [0.2, 0.25) is 0 Å². The average Bonchev–Trinajstić information content (AvgIpc) is 3.27. The van der Waals surface area contributed by atoms with E-state index in [1.165, 1.54) is 19.2 Å². The smallest absolute Gasteiger partial charge is 0.342 e. The summed E-state index contributed by atoms with van der Waals surface area (Å²) in [5.74, 6) is -1.19. The minimum atomic E-state index is -4.03. The van der Waals surface area contributed by atoms with Crippen molar-refractivity contribution in [3.8, 4) is 11.5 Å². The number of sulfonamides is 1. The molecule has 0 radical (unpaired) electrons. The Morgan fingerprint density at radius 1 is 1.10 bits per heavy atom. The van der Waals surface area contributed by atoms with Crippen molar-refractivity contribution in [3.63, 3.8) is 0 Å². The third kappa shape index (κ3) is 5.01. The van der Waals surface area contributed by atoms with Crippen molar-refractivity contribution in [3.05, 3.63) is 48.0 Å². The number of nitrogens with zero attached hydrogens (tertiary/aromatic N) is 1. The first-order valence-electron chi connectivity index (χ1n) is 9.25. The van der Waals surface area contributed by atoms with Crippen LogP contribution in [-0.2, 0) is 19.6 Å². The Kier molecular flexibility index (Phi) is 6.46. The number of phenols is 1. The second-order valence-corrected chi connectivity index (χ2v) is 8.36. The summed E-state index contributed by atoms with van der Waals surface area (Å²) in [5.41, 5.74) is -0.0500. The molecule has 0 saturated carbocycles. The van der Waals surface area contributed by atoms with Crippen molar-refractivity contribution >= 4 is 27.6 Å². The molecule has 2 aromatic carbocycles. The largest absolute Gasteiger partial charge is 0.507 e. The molecule has 3 rings (SSSR count). The molecule has 160 valence electrons. The first kappa shape index (κ1) is 21.4. The number of nitrogens with one attached hydrogen (secondary N) is 1. The number of rotatable bonds is 7. The zero-order valence-electron chi connectivity index (χ0n) is 16.3. The maximum Gasteiger partial charge on any atom is 0.342 e. The highest BCUT2D eigenvalue weighted by molar-refractivity contribution is 7.92. The molecule has 1 fully saturated rings. The molecule has 0 spiro atoms. The number of likely N-dealkylation sites (tertiary alicyclic amines) is 1. The minimum Gasteiger partial charge on any atom is -0.507 e. The highest BCUT2D eigenvalue weighted by Crippen LogP contribution is 2.25. The molecule has 30 heavy (non-hydrogen) atoms. The van der Waals surface area contributed by atoms with Crippen molar-refractivity contribution in [1.82, 2.24) is 4.90 Å². The minimum absolute atomic E-state index is 0.242. The molecular formula is C20H22N2O7S. The molecule has 2 N–H and O–H groups in total. The molecule has 10 heteroatoms. The van der Waals surface area contributed by atoms with Gasteiger partial charge in [0.15, 0.2) is 6.61 Å². The van der Waals surface area contributed by atoms with Gasteiger partial charge in [0.25, 0.3) is 15.9 Å². The van der Waals surface area contributed by atoms with E-state index in [2.05, 4.69) is 4.72 Å². The van der Waals surface area contributed by atoms with Crippen LogP contribution >= 0.6 is 0 Å². The van der Waals surface area contributed by atoms with Gasteiger partial charge in [-0.15, -0.1) is 0 Å². The van der Waals surface area contributed by atoms with Crippen molar-refractivity contribution in [2.45, 2.75) is 17.7 Å². The number of hydrogen-bond donors (Lipinski definition) is 2. The van der Waals surface area contributed by atoms with Gasteiger partial charge in [-0.2, -0.15) is 0 Å². The lowest BCUT2D eigenvalue weighted by atomic mass is 10.2. The van der Waals surface area contributed by atoms with E-state index in [4.69, 9.17) is 9.47 Å². The van der Waals surface area contributed by atoms with Crippen LogP contribution in [-0.4, -0.2) is 57.1 Å². The molecule has 0 aromatic heterocycles. The Hall–Kier alpha value is -3.27. The number of benzene rings is 2. The molecule has 1 heterocycles. The summed E-state index contributed by atoms with van der Waals surface area (Å²) in [6, 6.07) is 9.48. The van der Waals surface area contributed by atoms with Gasteiger partial charge in [0, 0.05) is 18.8 Å². The first-order valence-corrected chi connectivity index (χ1v) is 10.7. The topological polar surface area (TPSA) is 122 Å². The van der Waals surface area contributed by atoms with E-state index in [0.717, 1.165) is 31.0 Å². The molecule has 1 aliphatic heterocycles. The Morgan fingerprint density at radius 3 is 2.40 bits per heavy atom. The SMILES string of the molecule is COc1ccc(NS(=O)(=O)c2ccc(O)c(C(=O)OCC(=O)N3CCCC3)c2)cc1. The van der Waals surface area contributed by atoms with Crippen LogP contribution in [0.4, 0.5) is 5.69 Å². The predicted octanol–water partition coefficient (Wildman–Crippen LogP) is 1.98. The predicted molar refractivity (Wildman–Crippen MR) is 108 cm³/mol. The molecular weight excluding hydrogens is 412 g/mol. The van der Waals surface area contributed by atoms with E-state index >= 15 is 0 Å². The van der Waals surface area contributed by atoms with E-state index in [9.17, 15) is 23.1 Å². The molecule has 0 unspecified atom stereocenters. The standard InChI is InChI=1S/C20H22N2O7S/c1-28-15-6-4-14(5-7-15)21-30(26,27)16-8-9-18(23)17(12-16)20(25)29-13-19(24)22-10-2-3-11-22/h4-9,12,21,23H,2-3,10-11,13H2,1H3. The Labute approximate surface area is 174 Å².